The van der Waals surface area contributed by atoms with E-state index >= 15 is 0 Å². The third-order valence-corrected chi connectivity index (χ3v) is 5.33. The minimum absolute atomic E-state index is 0.162. The maximum absolute atomic E-state index is 12.8. The number of aryl methyl sites for hydroxylation is 1. The summed E-state index contributed by atoms with van der Waals surface area (Å²) >= 11 is 6.04. The van der Waals surface area contributed by atoms with Crippen molar-refractivity contribution in [2.24, 2.45) is 0 Å². The number of H-pyrrole nitrogens is 1. The summed E-state index contributed by atoms with van der Waals surface area (Å²) in [7, 11) is 0. The second kappa shape index (κ2) is 7.28. The molecule has 0 aliphatic heterocycles. The molecule has 3 aromatic heterocycles. The van der Waals surface area contributed by atoms with Crippen molar-refractivity contribution in [2.45, 2.75) is 6.92 Å². The van der Waals surface area contributed by atoms with Gasteiger partial charge < -0.3 is 0 Å². The molecule has 0 unspecified atom stereocenters. The van der Waals surface area contributed by atoms with E-state index in [2.05, 4.69) is 10.1 Å². The lowest BCUT2D eigenvalue weighted by atomic mass is 10.0. The van der Waals surface area contributed by atoms with E-state index in [4.69, 9.17) is 16.6 Å². The van der Waals surface area contributed by atoms with E-state index in [0.29, 0.717) is 16.4 Å². The van der Waals surface area contributed by atoms with Gasteiger partial charge >= 0.3 is 0 Å². The molecule has 0 spiro atoms. The van der Waals surface area contributed by atoms with Crippen LogP contribution in [0.2, 0.25) is 5.02 Å². The van der Waals surface area contributed by atoms with Gasteiger partial charge in [-0.3, -0.25) is 14.9 Å². The van der Waals surface area contributed by atoms with Gasteiger partial charge in [-0.1, -0.05) is 48.0 Å². The van der Waals surface area contributed by atoms with Gasteiger partial charge in [0.05, 0.1) is 5.69 Å². The number of nitrogens with one attached hydrogen (secondary N) is 1. The smallest absolute Gasteiger partial charge is 0.273 e. The maximum Gasteiger partial charge on any atom is 0.273 e. The van der Waals surface area contributed by atoms with Gasteiger partial charge in [0.25, 0.3) is 5.56 Å². The first kappa shape index (κ1) is 18.3. The summed E-state index contributed by atoms with van der Waals surface area (Å²) in [4.78, 5) is 21.9. The molecule has 0 radical (unpaired) electrons. The molecule has 30 heavy (non-hydrogen) atoms. The number of aromatic nitrogens is 4. The minimum atomic E-state index is -0.162. The Morgan fingerprint density at radius 2 is 1.67 bits per heavy atom. The van der Waals surface area contributed by atoms with E-state index in [0.717, 1.165) is 33.5 Å². The fourth-order valence-corrected chi connectivity index (χ4v) is 3.78. The summed E-state index contributed by atoms with van der Waals surface area (Å²) in [5.41, 5.74) is 6.65. The molecule has 5 nitrogen and oxygen atoms in total. The first-order chi connectivity index (χ1) is 14.6. The normalized spacial score (nSPS) is 11.1. The molecular weight excluding hydrogens is 396 g/mol. The Labute approximate surface area is 177 Å². The van der Waals surface area contributed by atoms with Gasteiger partial charge in [-0.15, -0.1) is 0 Å². The number of benzene rings is 2. The van der Waals surface area contributed by atoms with Gasteiger partial charge in [0.15, 0.2) is 5.65 Å². The fourth-order valence-electron chi connectivity index (χ4n) is 3.65. The van der Waals surface area contributed by atoms with E-state index in [1.807, 2.05) is 73.8 Å². The molecule has 0 aliphatic carbocycles. The standard InChI is InChI=1S/C24H17ClN4O/c1-15-23(16-7-9-20(25)10-8-16)24-27-21(13-22(30)29(24)28-15)18-5-2-4-17(12-18)19-6-3-11-26-14-19/h2-14,28H,1H3. The Morgan fingerprint density at radius 1 is 0.900 bits per heavy atom. The molecule has 0 atom stereocenters. The average Bonchev–Trinajstić information content (AvgIpc) is 3.11. The summed E-state index contributed by atoms with van der Waals surface area (Å²) in [6, 6.07) is 21.0. The molecule has 0 bridgehead atoms. The highest BCUT2D eigenvalue weighted by molar-refractivity contribution is 6.30. The topological polar surface area (TPSA) is 63.0 Å². The Bertz CT molecular complexity index is 1420. The lowest BCUT2D eigenvalue weighted by molar-refractivity contribution is 0.882. The van der Waals surface area contributed by atoms with Crippen LogP contribution in [0.3, 0.4) is 0 Å². The van der Waals surface area contributed by atoms with Crippen molar-refractivity contribution in [3.05, 3.63) is 100 Å². The number of hydrogen-bond acceptors (Lipinski definition) is 3. The number of halogens is 1. The molecule has 1 N–H and O–H groups in total. The van der Waals surface area contributed by atoms with Crippen LogP contribution < -0.4 is 5.56 Å². The van der Waals surface area contributed by atoms with Gasteiger partial charge in [-0.05, 0) is 42.3 Å². The van der Waals surface area contributed by atoms with E-state index in [1.165, 1.54) is 4.52 Å². The first-order valence-electron chi connectivity index (χ1n) is 9.49. The van der Waals surface area contributed by atoms with Crippen LogP contribution in [-0.2, 0) is 0 Å². The largest absolute Gasteiger partial charge is 0.293 e. The van der Waals surface area contributed by atoms with Crippen molar-refractivity contribution in [1.82, 2.24) is 19.6 Å². The number of hydrogen-bond donors (Lipinski definition) is 1. The summed E-state index contributed by atoms with van der Waals surface area (Å²) in [6.07, 6.45) is 3.56. The molecule has 6 heteroatoms. The number of aromatic amines is 1. The Balaban J connectivity index is 1.69. The molecule has 3 heterocycles. The van der Waals surface area contributed by atoms with Crippen LogP contribution in [0, 0.1) is 6.92 Å². The highest BCUT2D eigenvalue weighted by Crippen LogP contribution is 2.30. The summed E-state index contributed by atoms with van der Waals surface area (Å²) in [5.74, 6) is 0. The maximum atomic E-state index is 12.8. The van der Waals surface area contributed by atoms with Crippen molar-refractivity contribution >= 4 is 17.2 Å². The van der Waals surface area contributed by atoms with Crippen LogP contribution in [0.4, 0.5) is 0 Å². The van der Waals surface area contributed by atoms with Gasteiger partial charge in [-0.2, -0.15) is 0 Å². The summed E-state index contributed by atoms with van der Waals surface area (Å²) in [5, 5.41) is 3.79. The predicted molar refractivity (Wildman–Crippen MR) is 120 cm³/mol. The first-order valence-corrected chi connectivity index (χ1v) is 9.87. The highest BCUT2D eigenvalue weighted by Gasteiger charge is 2.15. The number of rotatable bonds is 3. The molecule has 2 aromatic carbocycles. The van der Waals surface area contributed by atoms with Crippen molar-refractivity contribution < 1.29 is 0 Å². The molecule has 0 amide bonds. The van der Waals surface area contributed by atoms with Gasteiger partial charge in [0.1, 0.15) is 0 Å². The van der Waals surface area contributed by atoms with Crippen LogP contribution >= 0.6 is 11.6 Å². The molecule has 5 rings (SSSR count). The molecular formula is C24H17ClN4O. The van der Waals surface area contributed by atoms with E-state index in [-0.39, 0.29) is 5.56 Å². The van der Waals surface area contributed by atoms with Gasteiger partial charge in [-0.25, -0.2) is 9.50 Å². The zero-order valence-electron chi connectivity index (χ0n) is 16.1. The van der Waals surface area contributed by atoms with Crippen molar-refractivity contribution in [3.63, 3.8) is 0 Å². The molecule has 5 aromatic rings. The van der Waals surface area contributed by atoms with Crippen LogP contribution in [0.15, 0.2) is 83.9 Å². The van der Waals surface area contributed by atoms with Crippen LogP contribution in [0.25, 0.3) is 39.2 Å². The predicted octanol–water partition coefficient (Wildman–Crippen LogP) is 5.38. The summed E-state index contributed by atoms with van der Waals surface area (Å²) in [6.45, 7) is 1.93. The van der Waals surface area contributed by atoms with Crippen LogP contribution in [0.5, 0.6) is 0 Å². The lowest BCUT2D eigenvalue weighted by Crippen LogP contribution is -2.14. The zero-order chi connectivity index (χ0) is 20.7. The molecule has 146 valence electrons. The Kier molecular flexibility index (Phi) is 4.45. The van der Waals surface area contributed by atoms with Crippen LogP contribution in [-0.4, -0.2) is 19.6 Å². The number of nitrogens with zero attached hydrogens (tertiary/aromatic N) is 3. The van der Waals surface area contributed by atoms with Crippen molar-refractivity contribution in [2.75, 3.05) is 0 Å². The molecule has 0 fully saturated rings. The highest BCUT2D eigenvalue weighted by atomic mass is 35.5. The molecule has 0 saturated heterocycles. The third-order valence-electron chi connectivity index (χ3n) is 5.08. The summed E-state index contributed by atoms with van der Waals surface area (Å²) < 4.78 is 1.48. The number of fused-ring (bicyclic) bond motifs is 1. The van der Waals surface area contributed by atoms with Crippen LogP contribution in [0.1, 0.15) is 5.69 Å². The van der Waals surface area contributed by atoms with Gasteiger partial charge in [0, 0.05) is 45.9 Å². The Hall–Kier alpha value is -3.70. The van der Waals surface area contributed by atoms with Gasteiger partial charge in [0.2, 0.25) is 0 Å². The molecule has 0 aliphatic rings. The minimum Gasteiger partial charge on any atom is -0.293 e. The van der Waals surface area contributed by atoms with Crippen molar-refractivity contribution in [3.8, 4) is 33.5 Å². The zero-order valence-corrected chi connectivity index (χ0v) is 16.9. The lowest BCUT2D eigenvalue weighted by Gasteiger charge is -2.06. The SMILES string of the molecule is Cc1[nH]n2c(=O)cc(-c3cccc(-c4cccnc4)c3)nc2c1-c1ccc(Cl)cc1. The molecule has 0 saturated carbocycles. The second-order valence-electron chi connectivity index (χ2n) is 7.08. The van der Waals surface area contributed by atoms with E-state index in [1.54, 1.807) is 12.3 Å². The monoisotopic (exact) mass is 412 g/mol. The quantitative estimate of drug-likeness (QED) is 0.432. The van der Waals surface area contributed by atoms with E-state index < -0.39 is 0 Å². The average molecular weight is 413 g/mol. The van der Waals surface area contributed by atoms with Crippen molar-refractivity contribution in [1.29, 1.82) is 0 Å². The Morgan fingerprint density at radius 3 is 2.43 bits per heavy atom. The number of pyridine rings is 1. The second-order valence-corrected chi connectivity index (χ2v) is 7.52. The van der Waals surface area contributed by atoms with E-state index in [9.17, 15) is 4.79 Å². The third kappa shape index (κ3) is 3.19. The fraction of sp³-hybridized carbons (Fsp3) is 0.0417.